The maximum absolute atomic E-state index is 12.8. The number of nitrogens with zero attached hydrogens (tertiary/aromatic N) is 2. The normalized spacial score (nSPS) is 12.5. The first-order chi connectivity index (χ1) is 14.5. The molecule has 30 heavy (non-hydrogen) atoms. The minimum absolute atomic E-state index is 0.0674. The lowest BCUT2D eigenvalue weighted by Crippen LogP contribution is -2.26. The Bertz CT molecular complexity index is 1020. The molecule has 156 valence electrons. The van der Waals surface area contributed by atoms with E-state index in [1.165, 1.54) is 0 Å². The van der Waals surface area contributed by atoms with E-state index in [-0.39, 0.29) is 5.91 Å². The Morgan fingerprint density at radius 1 is 1.07 bits per heavy atom. The van der Waals surface area contributed by atoms with Crippen LogP contribution in [-0.2, 0) is 13.2 Å². The molecule has 7 heteroatoms. The van der Waals surface area contributed by atoms with Crippen molar-refractivity contribution in [2.24, 2.45) is 0 Å². The van der Waals surface area contributed by atoms with E-state index in [0.29, 0.717) is 37.7 Å². The van der Waals surface area contributed by atoms with Gasteiger partial charge in [0.2, 0.25) is 0 Å². The number of hydrogen-bond acceptors (Lipinski definition) is 6. The SMILES string of the molecule is Cc1noc(C)c1COc1ccc(C(=O)N(C)Cc2ccc3c(c2)OCCO3)cc1. The summed E-state index contributed by atoms with van der Waals surface area (Å²) < 4.78 is 22.1. The van der Waals surface area contributed by atoms with Crippen molar-refractivity contribution in [3.8, 4) is 17.2 Å². The molecule has 3 aromatic rings. The first kappa shape index (κ1) is 19.8. The van der Waals surface area contributed by atoms with Crippen LogP contribution in [0.1, 0.15) is 32.9 Å². The molecule has 0 aliphatic carbocycles. The zero-order valence-corrected chi connectivity index (χ0v) is 17.3. The number of carbonyl (C=O) groups excluding carboxylic acids is 1. The minimum atomic E-state index is -0.0674. The highest BCUT2D eigenvalue weighted by molar-refractivity contribution is 5.94. The summed E-state index contributed by atoms with van der Waals surface area (Å²) in [5, 5.41) is 3.92. The van der Waals surface area contributed by atoms with Crippen LogP contribution in [0.2, 0.25) is 0 Å². The number of fused-ring (bicyclic) bond motifs is 1. The summed E-state index contributed by atoms with van der Waals surface area (Å²) in [5.74, 6) is 2.83. The predicted molar refractivity (Wildman–Crippen MR) is 110 cm³/mol. The number of amides is 1. The summed E-state index contributed by atoms with van der Waals surface area (Å²) in [7, 11) is 1.78. The highest BCUT2D eigenvalue weighted by atomic mass is 16.6. The van der Waals surface area contributed by atoms with Crippen molar-refractivity contribution in [1.82, 2.24) is 10.1 Å². The Morgan fingerprint density at radius 2 is 1.80 bits per heavy atom. The Morgan fingerprint density at radius 3 is 2.50 bits per heavy atom. The van der Waals surface area contributed by atoms with Gasteiger partial charge in [0.05, 0.1) is 11.3 Å². The van der Waals surface area contributed by atoms with Crippen LogP contribution in [0.3, 0.4) is 0 Å². The molecule has 0 saturated carbocycles. The van der Waals surface area contributed by atoms with Gasteiger partial charge in [-0.05, 0) is 55.8 Å². The van der Waals surface area contributed by atoms with E-state index >= 15 is 0 Å². The van der Waals surface area contributed by atoms with Gasteiger partial charge >= 0.3 is 0 Å². The van der Waals surface area contributed by atoms with Crippen molar-refractivity contribution in [1.29, 1.82) is 0 Å². The van der Waals surface area contributed by atoms with E-state index in [1.54, 1.807) is 36.2 Å². The molecule has 2 heterocycles. The van der Waals surface area contributed by atoms with Crippen molar-refractivity contribution in [3.05, 3.63) is 70.6 Å². The lowest BCUT2D eigenvalue weighted by Gasteiger charge is -2.21. The molecule has 4 rings (SSSR count). The molecular weight excluding hydrogens is 384 g/mol. The predicted octanol–water partition coefficient (Wildman–Crippen LogP) is 3.91. The molecule has 1 aromatic heterocycles. The molecule has 0 fully saturated rings. The second-order valence-corrected chi connectivity index (χ2v) is 7.26. The van der Waals surface area contributed by atoms with Gasteiger partial charge in [-0.2, -0.15) is 0 Å². The van der Waals surface area contributed by atoms with E-state index in [1.807, 2.05) is 32.0 Å². The van der Waals surface area contributed by atoms with Crippen molar-refractivity contribution in [2.45, 2.75) is 27.0 Å². The van der Waals surface area contributed by atoms with Crippen LogP contribution in [0.5, 0.6) is 17.2 Å². The van der Waals surface area contributed by atoms with Crippen LogP contribution < -0.4 is 14.2 Å². The number of aromatic nitrogens is 1. The topological polar surface area (TPSA) is 74.0 Å². The van der Waals surface area contributed by atoms with Crippen LogP contribution in [0.4, 0.5) is 0 Å². The fourth-order valence-corrected chi connectivity index (χ4v) is 3.31. The molecular formula is C23H24N2O5. The molecule has 0 N–H and O–H groups in total. The van der Waals surface area contributed by atoms with Gasteiger partial charge in [0.25, 0.3) is 5.91 Å². The first-order valence-electron chi connectivity index (χ1n) is 9.80. The lowest BCUT2D eigenvalue weighted by molar-refractivity contribution is 0.0784. The molecule has 0 atom stereocenters. The van der Waals surface area contributed by atoms with Gasteiger partial charge in [0.15, 0.2) is 11.5 Å². The van der Waals surface area contributed by atoms with Crippen LogP contribution in [-0.4, -0.2) is 36.2 Å². The van der Waals surface area contributed by atoms with E-state index in [0.717, 1.165) is 34.1 Å². The number of aryl methyl sites for hydroxylation is 2. The average Bonchev–Trinajstić information content (AvgIpc) is 3.09. The van der Waals surface area contributed by atoms with Gasteiger partial charge in [-0.15, -0.1) is 0 Å². The summed E-state index contributed by atoms with van der Waals surface area (Å²) in [4.78, 5) is 14.5. The molecule has 2 aromatic carbocycles. The molecule has 1 aliphatic rings. The third kappa shape index (κ3) is 4.25. The largest absolute Gasteiger partial charge is 0.489 e. The molecule has 0 radical (unpaired) electrons. The number of hydrogen-bond donors (Lipinski definition) is 0. The van der Waals surface area contributed by atoms with E-state index in [4.69, 9.17) is 18.7 Å². The Kier molecular flexibility index (Phi) is 5.61. The maximum atomic E-state index is 12.8. The summed E-state index contributed by atoms with van der Waals surface area (Å²) in [6.07, 6.45) is 0. The van der Waals surface area contributed by atoms with Crippen LogP contribution in [0.15, 0.2) is 47.0 Å². The smallest absolute Gasteiger partial charge is 0.253 e. The number of ether oxygens (including phenoxy) is 3. The van der Waals surface area contributed by atoms with Crippen molar-refractivity contribution in [3.63, 3.8) is 0 Å². The van der Waals surface area contributed by atoms with Crippen LogP contribution in [0.25, 0.3) is 0 Å². The zero-order valence-electron chi connectivity index (χ0n) is 17.3. The van der Waals surface area contributed by atoms with Gasteiger partial charge < -0.3 is 23.6 Å². The second kappa shape index (κ2) is 8.49. The molecule has 1 aliphatic heterocycles. The monoisotopic (exact) mass is 408 g/mol. The molecule has 1 amide bonds. The summed E-state index contributed by atoms with van der Waals surface area (Å²) in [5.41, 5.74) is 3.34. The third-order valence-electron chi connectivity index (χ3n) is 5.04. The second-order valence-electron chi connectivity index (χ2n) is 7.26. The average molecular weight is 408 g/mol. The minimum Gasteiger partial charge on any atom is -0.489 e. The van der Waals surface area contributed by atoms with E-state index < -0.39 is 0 Å². The van der Waals surface area contributed by atoms with Crippen LogP contribution in [0, 0.1) is 13.8 Å². The molecule has 7 nitrogen and oxygen atoms in total. The van der Waals surface area contributed by atoms with Crippen molar-refractivity contribution >= 4 is 5.91 Å². The Hall–Kier alpha value is -3.48. The highest BCUT2D eigenvalue weighted by Gasteiger charge is 2.16. The lowest BCUT2D eigenvalue weighted by atomic mass is 10.1. The van der Waals surface area contributed by atoms with Gasteiger partial charge in [-0.1, -0.05) is 11.2 Å². The molecule has 0 saturated heterocycles. The number of carbonyl (C=O) groups is 1. The van der Waals surface area contributed by atoms with Gasteiger partial charge in [0, 0.05) is 19.2 Å². The van der Waals surface area contributed by atoms with E-state index in [9.17, 15) is 4.79 Å². The van der Waals surface area contributed by atoms with Crippen LogP contribution >= 0.6 is 0 Å². The third-order valence-corrected chi connectivity index (χ3v) is 5.04. The molecule has 0 unspecified atom stereocenters. The summed E-state index contributed by atoms with van der Waals surface area (Å²) >= 11 is 0. The number of benzene rings is 2. The van der Waals surface area contributed by atoms with Gasteiger partial charge in [-0.25, -0.2) is 0 Å². The van der Waals surface area contributed by atoms with E-state index in [2.05, 4.69) is 5.16 Å². The molecule has 0 bridgehead atoms. The zero-order chi connectivity index (χ0) is 21.1. The quantitative estimate of drug-likeness (QED) is 0.616. The first-order valence-corrected chi connectivity index (χ1v) is 9.80. The summed E-state index contributed by atoms with van der Waals surface area (Å²) in [6, 6.07) is 12.9. The fraction of sp³-hybridized carbons (Fsp3) is 0.304. The molecule has 0 spiro atoms. The fourth-order valence-electron chi connectivity index (χ4n) is 3.31. The standard InChI is InChI=1S/C23H24N2O5/c1-15-20(16(2)30-24-15)14-29-19-7-5-18(6-8-19)23(26)25(3)13-17-4-9-21-22(12-17)28-11-10-27-21/h4-9,12H,10-11,13-14H2,1-3H3. The Balaban J connectivity index is 1.37. The Labute approximate surface area is 175 Å². The number of rotatable bonds is 6. The van der Waals surface area contributed by atoms with Gasteiger partial charge in [-0.3, -0.25) is 4.79 Å². The van der Waals surface area contributed by atoms with Gasteiger partial charge in [0.1, 0.15) is 31.3 Å². The maximum Gasteiger partial charge on any atom is 0.253 e. The highest BCUT2D eigenvalue weighted by Crippen LogP contribution is 2.31. The van der Waals surface area contributed by atoms with Crippen molar-refractivity contribution in [2.75, 3.05) is 20.3 Å². The van der Waals surface area contributed by atoms with Crippen molar-refractivity contribution < 1.29 is 23.5 Å². The summed E-state index contributed by atoms with van der Waals surface area (Å²) in [6.45, 7) is 5.68.